The molecule has 2 aliphatic rings. The maximum Gasteiger partial charge on any atom is 0.328 e. The van der Waals surface area contributed by atoms with Crippen molar-refractivity contribution >= 4 is 29.6 Å². The molecule has 1 unspecified atom stereocenters. The lowest BCUT2D eigenvalue weighted by Crippen LogP contribution is -2.33. The molecule has 11 nitrogen and oxygen atoms in total. The first-order valence-corrected chi connectivity index (χ1v) is 11.9. The number of aromatic nitrogens is 2. The third-order valence-electron chi connectivity index (χ3n) is 6.90. The van der Waals surface area contributed by atoms with Gasteiger partial charge in [0.05, 0.1) is 23.5 Å². The summed E-state index contributed by atoms with van der Waals surface area (Å²) >= 11 is 0. The fourth-order valence-electron chi connectivity index (χ4n) is 4.54. The lowest BCUT2D eigenvalue weighted by atomic mass is 10.1. The van der Waals surface area contributed by atoms with Crippen LogP contribution in [0, 0.1) is 11.3 Å². The van der Waals surface area contributed by atoms with Gasteiger partial charge in [0, 0.05) is 59.1 Å². The Labute approximate surface area is 211 Å². The third kappa shape index (κ3) is 5.46. The van der Waals surface area contributed by atoms with Gasteiger partial charge in [0.25, 0.3) is 0 Å². The highest BCUT2D eigenvalue weighted by Crippen LogP contribution is 2.32. The van der Waals surface area contributed by atoms with Crippen molar-refractivity contribution in [1.29, 1.82) is 5.26 Å². The summed E-state index contributed by atoms with van der Waals surface area (Å²) in [6, 6.07) is 6.99. The topological polar surface area (TPSA) is 118 Å². The molecule has 2 aliphatic heterocycles. The summed E-state index contributed by atoms with van der Waals surface area (Å²) in [4.78, 5) is 41.2. The maximum atomic E-state index is 13.0. The van der Waals surface area contributed by atoms with Gasteiger partial charge >= 0.3 is 6.03 Å². The third-order valence-corrected chi connectivity index (χ3v) is 6.90. The second-order valence-electron chi connectivity index (χ2n) is 9.62. The van der Waals surface area contributed by atoms with Crippen LogP contribution in [0.5, 0.6) is 0 Å². The number of hydrogen-bond donors (Lipinski definition) is 1. The molecule has 0 aromatic carbocycles. The Kier molecular flexibility index (Phi) is 7.49. The predicted molar refractivity (Wildman–Crippen MR) is 136 cm³/mol. The Hall–Kier alpha value is -3.59. The summed E-state index contributed by atoms with van der Waals surface area (Å²) in [5.41, 5.74) is 1.97. The highest BCUT2D eigenvalue weighted by molar-refractivity contribution is 6.00. The standard InChI is InChI=1S/C25H32N8O3/c1-25(36-4)7-8-33(16-25)21-11-22(27-13-19(21)12-26)29-24(35)31(3)23-6-5-18(20(15-34)28-23)14-32-10-9-30(2)17-32/h5-6,11,13,15H,7-10,14,16-17H2,1-4H3,(H,27,29,35). The Bertz CT molecular complexity index is 1180. The van der Waals surface area contributed by atoms with E-state index in [9.17, 15) is 14.9 Å². The van der Waals surface area contributed by atoms with E-state index in [1.807, 2.05) is 13.0 Å². The van der Waals surface area contributed by atoms with Crippen molar-refractivity contribution in [1.82, 2.24) is 19.8 Å². The number of amides is 2. The number of nitrogens with one attached hydrogen (secondary N) is 1. The summed E-state index contributed by atoms with van der Waals surface area (Å²) in [6.07, 6.45) is 3.01. The van der Waals surface area contributed by atoms with E-state index in [4.69, 9.17) is 4.74 Å². The van der Waals surface area contributed by atoms with E-state index in [-0.39, 0.29) is 5.60 Å². The first kappa shape index (κ1) is 25.5. The van der Waals surface area contributed by atoms with E-state index >= 15 is 0 Å². The molecule has 36 heavy (non-hydrogen) atoms. The number of carbonyl (C=O) groups is 2. The molecule has 4 rings (SSSR count). The molecule has 2 saturated heterocycles. The van der Waals surface area contributed by atoms with Crippen molar-refractivity contribution in [2.24, 2.45) is 0 Å². The van der Waals surface area contributed by atoms with Crippen LogP contribution in [0.3, 0.4) is 0 Å². The van der Waals surface area contributed by atoms with Crippen molar-refractivity contribution in [3.8, 4) is 6.07 Å². The Morgan fingerprint density at radius 1 is 1.36 bits per heavy atom. The van der Waals surface area contributed by atoms with Crippen LogP contribution in [-0.4, -0.2) is 91.7 Å². The fourth-order valence-corrected chi connectivity index (χ4v) is 4.54. The number of aldehydes is 1. The highest BCUT2D eigenvalue weighted by Gasteiger charge is 2.35. The molecule has 1 N–H and O–H groups in total. The van der Waals surface area contributed by atoms with Crippen molar-refractivity contribution < 1.29 is 14.3 Å². The molecule has 0 bridgehead atoms. The van der Waals surface area contributed by atoms with E-state index in [2.05, 4.69) is 43.1 Å². The van der Waals surface area contributed by atoms with Crippen molar-refractivity contribution in [3.63, 3.8) is 0 Å². The molecular weight excluding hydrogens is 460 g/mol. The summed E-state index contributed by atoms with van der Waals surface area (Å²) in [6.45, 7) is 6.78. The lowest BCUT2D eigenvalue weighted by Gasteiger charge is -2.25. The number of urea groups is 1. The first-order valence-electron chi connectivity index (χ1n) is 11.9. The van der Waals surface area contributed by atoms with E-state index < -0.39 is 6.03 Å². The molecule has 4 heterocycles. The number of likely N-dealkylation sites (N-methyl/N-ethyl adjacent to an activating group) is 1. The van der Waals surface area contributed by atoms with Gasteiger partial charge in [0.15, 0.2) is 6.29 Å². The molecule has 0 spiro atoms. The number of pyridine rings is 2. The zero-order chi connectivity index (χ0) is 25.9. The van der Waals surface area contributed by atoms with Crippen molar-refractivity contribution in [2.45, 2.75) is 25.5 Å². The SMILES string of the molecule is COC1(C)CCN(c2cc(NC(=O)N(C)c3ccc(CN4CCN(C)C4)c(C=O)n3)ncc2C#N)C1. The van der Waals surface area contributed by atoms with Gasteiger partial charge in [-0.25, -0.2) is 14.8 Å². The largest absolute Gasteiger partial charge is 0.377 e. The molecule has 2 aromatic rings. The van der Waals surface area contributed by atoms with Crippen LogP contribution in [0.4, 0.5) is 22.1 Å². The quantitative estimate of drug-likeness (QED) is 0.580. The maximum absolute atomic E-state index is 13.0. The van der Waals surface area contributed by atoms with E-state index in [0.29, 0.717) is 41.7 Å². The average Bonchev–Trinajstić information content (AvgIpc) is 3.49. The number of methoxy groups -OCH3 is 1. The number of rotatable bonds is 7. The molecule has 0 aliphatic carbocycles. The molecule has 1 atom stereocenters. The van der Waals surface area contributed by atoms with Crippen LogP contribution in [-0.2, 0) is 11.3 Å². The van der Waals surface area contributed by atoms with Crippen LogP contribution in [0.15, 0.2) is 24.4 Å². The predicted octanol–water partition coefficient (Wildman–Crippen LogP) is 2.15. The zero-order valence-electron chi connectivity index (χ0n) is 21.2. The van der Waals surface area contributed by atoms with E-state index in [1.54, 1.807) is 26.3 Å². The first-order chi connectivity index (χ1) is 17.2. The van der Waals surface area contributed by atoms with Crippen LogP contribution in [0.2, 0.25) is 0 Å². The minimum absolute atomic E-state index is 0.293. The fraction of sp³-hybridized carbons (Fsp3) is 0.480. The Morgan fingerprint density at radius 2 is 2.17 bits per heavy atom. The van der Waals surface area contributed by atoms with Gasteiger partial charge in [-0.15, -0.1) is 0 Å². The van der Waals surface area contributed by atoms with Gasteiger partial charge in [0.1, 0.15) is 23.4 Å². The number of nitriles is 1. The lowest BCUT2D eigenvalue weighted by molar-refractivity contribution is 0.0257. The van der Waals surface area contributed by atoms with Gasteiger partial charge in [-0.2, -0.15) is 5.26 Å². The number of nitrogens with zero attached hydrogens (tertiary/aromatic N) is 7. The molecule has 0 radical (unpaired) electrons. The summed E-state index contributed by atoms with van der Waals surface area (Å²) in [5, 5.41) is 12.3. The van der Waals surface area contributed by atoms with Crippen molar-refractivity contribution in [3.05, 3.63) is 41.2 Å². The summed E-state index contributed by atoms with van der Waals surface area (Å²) in [7, 11) is 5.32. The van der Waals surface area contributed by atoms with Gasteiger partial charge in [-0.3, -0.25) is 24.8 Å². The molecule has 190 valence electrons. The number of hydrogen-bond acceptors (Lipinski definition) is 9. The minimum atomic E-state index is -0.459. The van der Waals surface area contributed by atoms with Crippen LogP contribution < -0.4 is 15.1 Å². The highest BCUT2D eigenvalue weighted by atomic mass is 16.5. The Morgan fingerprint density at radius 3 is 2.81 bits per heavy atom. The normalized spacial score (nSPS) is 20.4. The smallest absolute Gasteiger partial charge is 0.328 e. The van der Waals surface area contributed by atoms with Gasteiger partial charge in [-0.1, -0.05) is 6.07 Å². The Balaban J connectivity index is 1.47. The molecule has 0 saturated carbocycles. The molecule has 2 amide bonds. The van der Waals surface area contributed by atoms with Crippen LogP contribution in [0.25, 0.3) is 0 Å². The van der Waals surface area contributed by atoms with E-state index in [1.165, 1.54) is 11.1 Å². The van der Waals surface area contributed by atoms with Crippen molar-refractivity contribution in [2.75, 3.05) is 69.2 Å². The van der Waals surface area contributed by atoms with Crippen LogP contribution in [0.1, 0.15) is 35.0 Å². The van der Waals surface area contributed by atoms with Gasteiger partial charge in [0.2, 0.25) is 0 Å². The molecular formula is C25H32N8O3. The zero-order valence-corrected chi connectivity index (χ0v) is 21.2. The van der Waals surface area contributed by atoms with E-state index in [0.717, 1.165) is 44.6 Å². The molecule has 11 heteroatoms. The van der Waals surface area contributed by atoms with Gasteiger partial charge in [-0.05, 0) is 32.0 Å². The van der Waals surface area contributed by atoms with Gasteiger partial charge < -0.3 is 9.64 Å². The summed E-state index contributed by atoms with van der Waals surface area (Å²) in [5.74, 6) is 0.665. The monoisotopic (exact) mass is 492 g/mol. The number of carbonyl (C=O) groups excluding carboxylic acids is 2. The molecule has 2 aromatic heterocycles. The molecule has 2 fully saturated rings. The number of anilines is 3. The van der Waals surface area contributed by atoms with Crippen LogP contribution >= 0.6 is 0 Å². The second kappa shape index (κ2) is 10.6. The summed E-state index contributed by atoms with van der Waals surface area (Å²) < 4.78 is 5.61. The average molecular weight is 493 g/mol. The minimum Gasteiger partial charge on any atom is -0.377 e. The number of ether oxygens (including phenoxy) is 1. The second-order valence-corrected chi connectivity index (χ2v) is 9.62.